The fourth-order valence-corrected chi connectivity index (χ4v) is 2.67. The van der Waals surface area contributed by atoms with E-state index in [1.165, 1.54) is 11.8 Å². The van der Waals surface area contributed by atoms with Crippen LogP contribution in [0.4, 0.5) is 18.0 Å². The van der Waals surface area contributed by atoms with Gasteiger partial charge in [-0.15, -0.1) is 23.0 Å². The number of para-hydroxylation sites is 1. The van der Waals surface area contributed by atoms with E-state index >= 15 is 0 Å². The van der Waals surface area contributed by atoms with Crippen LogP contribution in [0.5, 0.6) is 5.75 Å². The molecule has 14 heteroatoms. The van der Waals surface area contributed by atoms with Gasteiger partial charge in [0.25, 0.3) is 10.0 Å². The van der Waals surface area contributed by atoms with E-state index in [2.05, 4.69) is 9.84 Å². The van der Waals surface area contributed by atoms with E-state index in [-0.39, 0.29) is 34.2 Å². The average Bonchev–Trinajstić information content (AvgIpc) is 2.77. The second-order valence-electron chi connectivity index (χ2n) is 4.34. The Balaban J connectivity index is 0.00000312. The number of aryl methyl sites for hydroxylation is 1. The van der Waals surface area contributed by atoms with Crippen LogP contribution in [-0.2, 0) is 17.1 Å². The Morgan fingerprint density at radius 1 is 1.28 bits per heavy atom. The Hall–Kier alpha value is -1.83. The molecule has 0 aliphatic carbocycles. The standard InChI is InChI=1S/C11H9F3N4O5S.Na.H/c1-17-6-15-18(10(17)20)9(19)16-24(21,22)8-5-3-2-4-7(8)23-11(12,13)14;;/h2-6H,1H3,(H,16,19);;. The number of alkyl halides is 3. The van der Waals surface area contributed by atoms with Crippen LogP contribution in [0.25, 0.3) is 0 Å². The molecule has 0 radical (unpaired) electrons. The van der Waals surface area contributed by atoms with Gasteiger partial charge in [-0.05, 0) is 12.1 Å². The van der Waals surface area contributed by atoms with Crippen molar-refractivity contribution >= 4 is 45.6 Å². The molecule has 2 aromatic rings. The van der Waals surface area contributed by atoms with Gasteiger partial charge in [0.15, 0.2) is 0 Å². The molecule has 1 N–H and O–H groups in total. The van der Waals surface area contributed by atoms with Gasteiger partial charge in [0.05, 0.1) is 0 Å². The van der Waals surface area contributed by atoms with Crippen LogP contribution in [0, 0.1) is 0 Å². The second kappa shape index (κ2) is 7.59. The number of halogens is 3. The van der Waals surface area contributed by atoms with Crippen LogP contribution >= 0.6 is 0 Å². The summed E-state index contributed by atoms with van der Waals surface area (Å²) in [7, 11) is -3.49. The number of carbonyl (C=O) groups is 1. The first-order valence-corrected chi connectivity index (χ1v) is 7.52. The molecule has 1 aromatic heterocycles. The number of aromatic nitrogens is 3. The van der Waals surface area contributed by atoms with Crippen LogP contribution in [0.15, 0.2) is 40.3 Å². The van der Waals surface area contributed by atoms with Crippen molar-refractivity contribution in [2.75, 3.05) is 0 Å². The Morgan fingerprint density at radius 2 is 1.88 bits per heavy atom. The molecule has 0 aliphatic rings. The molecule has 132 valence electrons. The first kappa shape index (κ1) is 21.2. The molecule has 1 amide bonds. The topological polar surface area (TPSA) is 112 Å². The summed E-state index contributed by atoms with van der Waals surface area (Å²) in [4.78, 5) is 22.4. The molecule has 0 bridgehead atoms. The van der Waals surface area contributed by atoms with E-state index < -0.39 is 38.8 Å². The number of ether oxygens (including phenoxy) is 1. The molecule has 0 saturated heterocycles. The number of carbonyl (C=O) groups excluding carboxylic acids is 1. The molecule has 0 saturated carbocycles. The van der Waals surface area contributed by atoms with E-state index in [9.17, 15) is 31.2 Å². The van der Waals surface area contributed by atoms with Crippen molar-refractivity contribution < 1.29 is 31.1 Å². The summed E-state index contributed by atoms with van der Waals surface area (Å²) in [5.74, 6) is -1.03. The number of hydrogen-bond donors (Lipinski definition) is 1. The summed E-state index contributed by atoms with van der Waals surface area (Å²) < 4.78 is 67.4. The van der Waals surface area contributed by atoms with Crippen molar-refractivity contribution in [2.24, 2.45) is 7.05 Å². The van der Waals surface area contributed by atoms with Crippen LogP contribution < -0.4 is 15.1 Å². The Morgan fingerprint density at radius 3 is 2.40 bits per heavy atom. The van der Waals surface area contributed by atoms with Gasteiger partial charge in [-0.1, -0.05) is 12.1 Å². The van der Waals surface area contributed by atoms with Gasteiger partial charge in [0.1, 0.15) is 17.0 Å². The molecular weight excluding hydrogens is 380 g/mol. The number of nitrogens with one attached hydrogen (secondary N) is 1. The summed E-state index contributed by atoms with van der Waals surface area (Å²) in [5.41, 5.74) is -0.942. The quantitative estimate of drug-likeness (QED) is 0.725. The van der Waals surface area contributed by atoms with E-state index in [1.54, 1.807) is 0 Å². The van der Waals surface area contributed by atoms with Crippen LogP contribution in [0.3, 0.4) is 0 Å². The minimum absolute atomic E-state index is 0. The molecule has 9 nitrogen and oxygen atoms in total. The number of amides is 1. The zero-order valence-electron chi connectivity index (χ0n) is 11.8. The van der Waals surface area contributed by atoms with Crippen molar-refractivity contribution in [1.29, 1.82) is 0 Å². The molecule has 0 atom stereocenters. The van der Waals surface area contributed by atoms with E-state index in [4.69, 9.17) is 0 Å². The molecule has 2 rings (SSSR count). The van der Waals surface area contributed by atoms with Gasteiger partial charge in [-0.3, -0.25) is 4.57 Å². The zero-order valence-corrected chi connectivity index (χ0v) is 12.6. The Bertz CT molecular complexity index is 938. The van der Waals surface area contributed by atoms with Gasteiger partial charge in [0, 0.05) is 7.05 Å². The SMILES string of the molecule is Cn1cnn(C(=O)NS(=O)(=O)c2ccccc2OC(F)(F)F)c1=O.[NaH]. The maximum atomic E-state index is 12.3. The van der Waals surface area contributed by atoms with Crippen LogP contribution in [0.2, 0.25) is 0 Å². The third kappa shape index (κ3) is 5.07. The number of nitrogens with zero attached hydrogens (tertiary/aromatic N) is 3. The predicted molar refractivity (Wildman–Crippen MR) is 78.9 cm³/mol. The predicted octanol–water partition coefficient (Wildman–Crippen LogP) is -0.222. The Labute approximate surface area is 160 Å². The number of rotatable bonds is 3. The first-order valence-electron chi connectivity index (χ1n) is 6.04. The fourth-order valence-electron chi connectivity index (χ4n) is 1.61. The van der Waals surface area contributed by atoms with Gasteiger partial charge in [-0.25, -0.2) is 22.7 Å². The molecule has 0 fully saturated rings. The molecule has 1 aromatic carbocycles. The second-order valence-corrected chi connectivity index (χ2v) is 5.99. The van der Waals surface area contributed by atoms with Gasteiger partial charge in [0.2, 0.25) is 0 Å². The van der Waals surface area contributed by atoms with Crippen molar-refractivity contribution in [3.05, 3.63) is 41.1 Å². The van der Waals surface area contributed by atoms with Crippen molar-refractivity contribution in [3.8, 4) is 5.75 Å². The zero-order chi connectivity index (χ0) is 18.1. The first-order chi connectivity index (χ1) is 11.0. The number of benzene rings is 1. The summed E-state index contributed by atoms with van der Waals surface area (Å²) in [6, 6.07) is 2.36. The van der Waals surface area contributed by atoms with Crippen molar-refractivity contribution in [1.82, 2.24) is 19.1 Å². The minimum atomic E-state index is -5.13. The summed E-state index contributed by atoms with van der Waals surface area (Å²) in [6.07, 6.45) is -4.18. The molecule has 1 heterocycles. The molecule has 0 unspecified atom stereocenters. The normalized spacial score (nSPS) is 11.5. The van der Waals surface area contributed by atoms with Gasteiger partial charge >= 0.3 is 47.6 Å². The number of sulfonamides is 1. The Kier molecular flexibility index (Phi) is 6.44. The summed E-state index contributed by atoms with van der Waals surface area (Å²) in [6.45, 7) is 0. The maximum absolute atomic E-state index is 12.3. The molecule has 25 heavy (non-hydrogen) atoms. The number of hydrogen-bond acceptors (Lipinski definition) is 6. The van der Waals surface area contributed by atoms with Crippen molar-refractivity contribution in [3.63, 3.8) is 0 Å². The van der Waals surface area contributed by atoms with Crippen LogP contribution in [0.1, 0.15) is 0 Å². The molecule has 0 aliphatic heterocycles. The monoisotopic (exact) mass is 390 g/mol. The third-order valence-corrected chi connectivity index (χ3v) is 3.96. The third-order valence-electron chi connectivity index (χ3n) is 2.60. The van der Waals surface area contributed by atoms with Crippen molar-refractivity contribution in [2.45, 2.75) is 11.3 Å². The fraction of sp³-hybridized carbons (Fsp3) is 0.182. The molecule has 0 spiro atoms. The van der Waals surface area contributed by atoms with E-state index in [1.807, 2.05) is 0 Å². The van der Waals surface area contributed by atoms with Crippen LogP contribution in [-0.4, -0.2) is 64.7 Å². The summed E-state index contributed by atoms with van der Waals surface area (Å²) >= 11 is 0. The van der Waals surface area contributed by atoms with E-state index in [0.717, 1.165) is 35.2 Å². The van der Waals surface area contributed by atoms with E-state index in [0.29, 0.717) is 0 Å². The van der Waals surface area contributed by atoms with Gasteiger partial charge in [-0.2, -0.15) is 0 Å². The van der Waals surface area contributed by atoms with Gasteiger partial charge < -0.3 is 4.74 Å². The summed E-state index contributed by atoms with van der Waals surface area (Å²) in [5, 5.41) is 3.35. The average molecular weight is 390 g/mol. The molecular formula is C11H10F3N4NaO5S.